The summed E-state index contributed by atoms with van der Waals surface area (Å²) in [4.78, 5) is 7.82. The predicted molar refractivity (Wildman–Crippen MR) is 67.4 cm³/mol. The number of nitrogens with two attached hydrogens (primary N) is 1. The van der Waals surface area contributed by atoms with Crippen LogP contribution in [0, 0.1) is 5.41 Å². The number of anilines is 1. The molecule has 1 aromatic rings. The van der Waals surface area contributed by atoms with E-state index in [0.29, 0.717) is 10.5 Å². The Kier molecular flexibility index (Phi) is 3.98. The van der Waals surface area contributed by atoms with Crippen LogP contribution in [-0.4, -0.2) is 23.0 Å². The molecule has 0 saturated carbocycles. The zero-order valence-electron chi connectivity index (χ0n) is 9.19. The van der Waals surface area contributed by atoms with Crippen LogP contribution < -0.4 is 5.73 Å². The topological polar surface area (TPSA) is 42.2 Å². The van der Waals surface area contributed by atoms with E-state index < -0.39 is 0 Å². The van der Waals surface area contributed by atoms with Gasteiger partial charge in [-0.25, -0.2) is 4.98 Å². The third kappa shape index (κ3) is 3.33. The first kappa shape index (κ1) is 12.7. The third-order valence-corrected chi connectivity index (χ3v) is 3.52. The Hall–Kier alpha value is -0.320. The van der Waals surface area contributed by atoms with Crippen LogP contribution in [0.4, 0.5) is 5.13 Å². The summed E-state index contributed by atoms with van der Waals surface area (Å²) < 4.78 is 0. The fourth-order valence-corrected chi connectivity index (χ4v) is 2.70. The molecule has 0 unspecified atom stereocenters. The summed E-state index contributed by atoms with van der Waals surface area (Å²) in [5.74, 6) is 0. The van der Waals surface area contributed by atoms with Crippen molar-refractivity contribution in [2.45, 2.75) is 26.8 Å². The van der Waals surface area contributed by atoms with Gasteiger partial charge in [-0.15, -0.1) is 23.7 Å². The fourth-order valence-electron chi connectivity index (χ4n) is 1.98. The van der Waals surface area contributed by atoms with Gasteiger partial charge in [-0.2, -0.15) is 0 Å². The minimum absolute atomic E-state index is 0. The summed E-state index contributed by atoms with van der Waals surface area (Å²) >= 11 is 1.60. The Morgan fingerprint density at radius 3 is 2.80 bits per heavy atom. The van der Waals surface area contributed by atoms with Crippen LogP contribution in [0.2, 0.25) is 0 Å². The molecule has 1 aromatic heterocycles. The van der Waals surface area contributed by atoms with Crippen molar-refractivity contribution in [2.75, 3.05) is 18.8 Å². The maximum atomic E-state index is 5.60. The van der Waals surface area contributed by atoms with Crippen molar-refractivity contribution in [1.29, 1.82) is 0 Å². The lowest BCUT2D eigenvalue weighted by atomic mass is 9.93. The van der Waals surface area contributed by atoms with Crippen molar-refractivity contribution in [3.63, 3.8) is 0 Å². The molecule has 1 aliphatic heterocycles. The Morgan fingerprint density at radius 1 is 1.60 bits per heavy atom. The number of thiazole rings is 1. The van der Waals surface area contributed by atoms with Crippen LogP contribution >= 0.6 is 23.7 Å². The van der Waals surface area contributed by atoms with Crippen LogP contribution in [0.25, 0.3) is 0 Å². The van der Waals surface area contributed by atoms with E-state index in [0.717, 1.165) is 6.54 Å². The summed E-state index contributed by atoms with van der Waals surface area (Å²) in [7, 11) is 0. The van der Waals surface area contributed by atoms with Gasteiger partial charge >= 0.3 is 0 Å². The molecule has 86 valence electrons. The van der Waals surface area contributed by atoms with Crippen LogP contribution in [-0.2, 0) is 6.54 Å². The summed E-state index contributed by atoms with van der Waals surface area (Å²) in [6.07, 6.45) is 3.19. The maximum Gasteiger partial charge on any atom is 0.180 e. The summed E-state index contributed by atoms with van der Waals surface area (Å²) in [6, 6.07) is 0. The molecule has 2 heterocycles. The van der Waals surface area contributed by atoms with E-state index in [1.54, 1.807) is 11.3 Å². The highest BCUT2D eigenvalue weighted by Crippen LogP contribution is 2.30. The molecule has 0 aliphatic carbocycles. The van der Waals surface area contributed by atoms with Crippen LogP contribution in [0.5, 0.6) is 0 Å². The average molecular weight is 248 g/mol. The number of nitrogen functional groups attached to an aromatic ring is 1. The highest BCUT2D eigenvalue weighted by molar-refractivity contribution is 7.15. The first-order valence-electron chi connectivity index (χ1n) is 4.98. The molecular formula is C10H18ClN3S. The average Bonchev–Trinajstić information content (AvgIpc) is 2.59. The van der Waals surface area contributed by atoms with Gasteiger partial charge in [-0.05, 0) is 18.4 Å². The molecule has 0 radical (unpaired) electrons. The van der Waals surface area contributed by atoms with Crippen molar-refractivity contribution in [1.82, 2.24) is 9.88 Å². The lowest BCUT2D eigenvalue weighted by molar-refractivity contribution is 0.286. The fraction of sp³-hybridized carbons (Fsp3) is 0.700. The molecule has 0 aromatic carbocycles. The second kappa shape index (κ2) is 4.68. The van der Waals surface area contributed by atoms with E-state index >= 15 is 0 Å². The summed E-state index contributed by atoms with van der Waals surface area (Å²) in [5, 5.41) is 0.679. The minimum atomic E-state index is 0. The molecule has 2 rings (SSSR count). The Labute approximate surface area is 101 Å². The van der Waals surface area contributed by atoms with Crippen LogP contribution in [0.1, 0.15) is 25.1 Å². The SMILES string of the molecule is CC1(C)CCN(Cc2cnc(N)s2)C1.Cl. The molecule has 5 heteroatoms. The quantitative estimate of drug-likeness (QED) is 0.873. The van der Waals surface area contributed by atoms with Gasteiger partial charge in [0.25, 0.3) is 0 Å². The van der Waals surface area contributed by atoms with Crippen molar-refractivity contribution < 1.29 is 0 Å². The second-order valence-electron chi connectivity index (χ2n) is 4.79. The van der Waals surface area contributed by atoms with Gasteiger partial charge in [-0.3, -0.25) is 4.90 Å². The normalized spacial score (nSPS) is 20.1. The van der Waals surface area contributed by atoms with E-state index in [1.807, 2.05) is 6.20 Å². The highest BCUT2D eigenvalue weighted by atomic mass is 35.5. The number of hydrogen-bond acceptors (Lipinski definition) is 4. The molecule has 1 fully saturated rings. The van der Waals surface area contributed by atoms with Crippen molar-refractivity contribution in [2.24, 2.45) is 5.41 Å². The maximum absolute atomic E-state index is 5.60. The number of hydrogen-bond donors (Lipinski definition) is 1. The summed E-state index contributed by atoms with van der Waals surface area (Å²) in [6.45, 7) is 8.05. The molecule has 2 N–H and O–H groups in total. The van der Waals surface area contributed by atoms with E-state index in [4.69, 9.17) is 5.73 Å². The molecule has 3 nitrogen and oxygen atoms in total. The number of nitrogens with zero attached hydrogens (tertiary/aromatic N) is 2. The molecule has 0 amide bonds. The van der Waals surface area contributed by atoms with Crippen molar-refractivity contribution in [3.05, 3.63) is 11.1 Å². The number of rotatable bonds is 2. The van der Waals surface area contributed by atoms with Gasteiger partial charge < -0.3 is 5.73 Å². The van der Waals surface area contributed by atoms with E-state index in [1.165, 1.54) is 24.4 Å². The van der Waals surface area contributed by atoms with Crippen molar-refractivity contribution >= 4 is 28.9 Å². The lowest BCUT2D eigenvalue weighted by Gasteiger charge is -2.18. The zero-order valence-corrected chi connectivity index (χ0v) is 10.8. The summed E-state index contributed by atoms with van der Waals surface area (Å²) in [5.41, 5.74) is 6.08. The van der Waals surface area contributed by atoms with E-state index in [2.05, 4.69) is 23.7 Å². The molecule has 15 heavy (non-hydrogen) atoms. The lowest BCUT2D eigenvalue weighted by Crippen LogP contribution is -2.22. The van der Waals surface area contributed by atoms with Crippen molar-refractivity contribution in [3.8, 4) is 0 Å². The first-order chi connectivity index (χ1) is 6.55. The van der Waals surface area contributed by atoms with Gasteiger partial charge in [0.15, 0.2) is 5.13 Å². The molecule has 0 spiro atoms. The number of halogens is 1. The minimum Gasteiger partial charge on any atom is -0.375 e. The highest BCUT2D eigenvalue weighted by Gasteiger charge is 2.29. The Bertz CT molecular complexity index is 324. The monoisotopic (exact) mass is 247 g/mol. The largest absolute Gasteiger partial charge is 0.375 e. The van der Waals surface area contributed by atoms with Gasteiger partial charge in [0.2, 0.25) is 0 Å². The third-order valence-electron chi connectivity index (χ3n) is 2.71. The van der Waals surface area contributed by atoms with Crippen LogP contribution in [0.3, 0.4) is 0 Å². The van der Waals surface area contributed by atoms with Gasteiger partial charge in [-0.1, -0.05) is 13.8 Å². The second-order valence-corrected chi connectivity index (χ2v) is 5.94. The number of aromatic nitrogens is 1. The molecule has 1 saturated heterocycles. The molecule has 0 atom stereocenters. The van der Waals surface area contributed by atoms with Crippen LogP contribution in [0.15, 0.2) is 6.20 Å². The van der Waals surface area contributed by atoms with Gasteiger partial charge in [0.05, 0.1) is 0 Å². The smallest absolute Gasteiger partial charge is 0.180 e. The predicted octanol–water partition coefficient (Wildman–Crippen LogP) is 2.38. The zero-order chi connectivity index (χ0) is 10.2. The first-order valence-corrected chi connectivity index (χ1v) is 5.79. The molecular weight excluding hydrogens is 230 g/mol. The number of likely N-dealkylation sites (tertiary alicyclic amines) is 1. The van der Waals surface area contributed by atoms with E-state index in [9.17, 15) is 0 Å². The Morgan fingerprint density at radius 2 is 2.33 bits per heavy atom. The molecule has 0 bridgehead atoms. The van der Waals surface area contributed by atoms with Gasteiger partial charge in [0.1, 0.15) is 0 Å². The molecule has 1 aliphatic rings. The van der Waals surface area contributed by atoms with E-state index in [-0.39, 0.29) is 12.4 Å². The standard InChI is InChI=1S/C10H17N3S.ClH/c1-10(2)3-4-13(7-10)6-8-5-12-9(11)14-8;/h5H,3-4,6-7H2,1-2H3,(H2,11,12);1H. The van der Waals surface area contributed by atoms with Gasteiger partial charge in [0, 0.05) is 24.2 Å². The Balaban J connectivity index is 0.00000112.